The van der Waals surface area contributed by atoms with E-state index >= 15 is 0 Å². The summed E-state index contributed by atoms with van der Waals surface area (Å²) in [6.45, 7) is 2.65. The second-order valence-corrected chi connectivity index (χ2v) is 10.7. The molecule has 6 nitrogen and oxygen atoms in total. The molecule has 2 aromatic carbocycles. The molecule has 0 atom stereocenters. The van der Waals surface area contributed by atoms with Crippen molar-refractivity contribution < 1.29 is 17.9 Å². The van der Waals surface area contributed by atoms with Gasteiger partial charge >= 0.3 is 0 Å². The number of carbonyl (C=O) groups excluding carboxylic acids is 1. The van der Waals surface area contributed by atoms with Gasteiger partial charge in [0.15, 0.2) is 6.61 Å². The summed E-state index contributed by atoms with van der Waals surface area (Å²) in [5, 5.41) is 0. The molecule has 32 heavy (non-hydrogen) atoms. The Bertz CT molecular complexity index is 978. The van der Waals surface area contributed by atoms with Gasteiger partial charge in [0.1, 0.15) is 5.75 Å². The van der Waals surface area contributed by atoms with Crippen molar-refractivity contribution in [3.05, 3.63) is 60.2 Å². The van der Waals surface area contributed by atoms with Gasteiger partial charge in [-0.2, -0.15) is 4.31 Å². The van der Waals surface area contributed by atoms with Gasteiger partial charge in [0.2, 0.25) is 10.0 Å². The number of amides is 1. The van der Waals surface area contributed by atoms with E-state index in [9.17, 15) is 13.2 Å². The number of hydrogen-bond donors (Lipinski definition) is 0. The molecule has 2 heterocycles. The molecular formula is C25H32N2O4S. The molecule has 0 unspecified atom stereocenters. The first-order chi connectivity index (χ1) is 15.5. The van der Waals surface area contributed by atoms with Crippen LogP contribution in [0.2, 0.25) is 0 Å². The van der Waals surface area contributed by atoms with E-state index in [2.05, 4.69) is 24.3 Å². The molecule has 0 bridgehead atoms. The zero-order valence-electron chi connectivity index (χ0n) is 18.5. The fourth-order valence-corrected chi connectivity index (χ4v) is 6.05. The summed E-state index contributed by atoms with van der Waals surface area (Å²) in [5.74, 6) is 1.10. The van der Waals surface area contributed by atoms with Crippen molar-refractivity contribution in [3.8, 4) is 5.75 Å². The molecule has 4 rings (SSSR count). The molecule has 2 aliphatic heterocycles. The van der Waals surface area contributed by atoms with Gasteiger partial charge in [-0.05, 0) is 67.9 Å². The second kappa shape index (κ2) is 10.5. The van der Waals surface area contributed by atoms with Gasteiger partial charge in [-0.3, -0.25) is 4.79 Å². The molecule has 172 valence electrons. The van der Waals surface area contributed by atoms with E-state index in [1.807, 2.05) is 11.0 Å². The van der Waals surface area contributed by atoms with Gasteiger partial charge < -0.3 is 9.64 Å². The summed E-state index contributed by atoms with van der Waals surface area (Å²) in [4.78, 5) is 14.7. The molecule has 2 aromatic rings. The molecule has 7 heteroatoms. The lowest BCUT2D eigenvalue weighted by Crippen LogP contribution is -2.41. The maximum absolute atomic E-state index is 12.7. The number of rotatable bonds is 7. The Balaban J connectivity index is 1.24. The van der Waals surface area contributed by atoms with Crippen molar-refractivity contribution in [2.24, 2.45) is 5.92 Å². The zero-order chi connectivity index (χ0) is 22.4. The Morgan fingerprint density at radius 1 is 0.875 bits per heavy atom. The Kier molecular flexibility index (Phi) is 7.48. The van der Waals surface area contributed by atoms with Crippen LogP contribution in [0.4, 0.5) is 0 Å². The highest BCUT2D eigenvalue weighted by molar-refractivity contribution is 7.89. The first-order valence-corrected chi connectivity index (χ1v) is 13.0. The number of sulfonamides is 1. The number of likely N-dealkylation sites (tertiary alicyclic amines) is 1. The fourth-order valence-electron chi connectivity index (χ4n) is 4.53. The van der Waals surface area contributed by atoms with Gasteiger partial charge in [0.05, 0.1) is 4.90 Å². The molecule has 1 amide bonds. The highest BCUT2D eigenvalue weighted by atomic mass is 32.2. The van der Waals surface area contributed by atoms with Crippen molar-refractivity contribution in [3.63, 3.8) is 0 Å². The smallest absolute Gasteiger partial charge is 0.260 e. The van der Waals surface area contributed by atoms with E-state index in [0.717, 1.165) is 51.6 Å². The Hall–Kier alpha value is -2.38. The number of hydrogen-bond acceptors (Lipinski definition) is 4. The summed E-state index contributed by atoms with van der Waals surface area (Å²) in [6, 6.07) is 16.9. The monoisotopic (exact) mass is 456 g/mol. The Morgan fingerprint density at radius 2 is 1.53 bits per heavy atom. The third-order valence-electron chi connectivity index (χ3n) is 6.47. The quantitative estimate of drug-likeness (QED) is 0.637. The topological polar surface area (TPSA) is 66.9 Å². The van der Waals surface area contributed by atoms with E-state index in [1.54, 1.807) is 28.6 Å². The van der Waals surface area contributed by atoms with Gasteiger partial charge in [-0.25, -0.2) is 8.42 Å². The van der Waals surface area contributed by atoms with Crippen LogP contribution in [0, 0.1) is 5.92 Å². The Labute approximate surface area is 191 Å². The molecule has 0 radical (unpaired) electrons. The minimum Gasteiger partial charge on any atom is -0.484 e. The first-order valence-electron chi connectivity index (χ1n) is 11.6. The van der Waals surface area contributed by atoms with Crippen molar-refractivity contribution in [2.75, 3.05) is 32.8 Å². The summed E-state index contributed by atoms with van der Waals surface area (Å²) in [7, 11) is -3.45. The lowest BCUT2D eigenvalue weighted by Gasteiger charge is -2.32. The van der Waals surface area contributed by atoms with Crippen molar-refractivity contribution in [2.45, 2.75) is 43.4 Å². The lowest BCUT2D eigenvalue weighted by atomic mass is 9.90. The molecule has 0 aromatic heterocycles. The molecule has 0 spiro atoms. The van der Waals surface area contributed by atoms with Gasteiger partial charge in [-0.1, -0.05) is 36.8 Å². The average molecular weight is 457 g/mol. The lowest BCUT2D eigenvalue weighted by molar-refractivity contribution is -0.134. The third-order valence-corrected chi connectivity index (χ3v) is 8.39. The van der Waals surface area contributed by atoms with Crippen LogP contribution < -0.4 is 4.74 Å². The van der Waals surface area contributed by atoms with Crippen LogP contribution in [0.15, 0.2) is 59.5 Å². The van der Waals surface area contributed by atoms with Crippen LogP contribution in [0.5, 0.6) is 5.75 Å². The largest absolute Gasteiger partial charge is 0.484 e. The molecule has 0 aliphatic carbocycles. The van der Waals surface area contributed by atoms with Crippen molar-refractivity contribution in [1.29, 1.82) is 0 Å². The average Bonchev–Trinajstić information content (AvgIpc) is 2.84. The van der Waals surface area contributed by atoms with Crippen LogP contribution in [0.3, 0.4) is 0 Å². The zero-order valence-corrected chi connectivity index (χ0v) is 19.3. The van der Waals surface area contributed by atoms with E-state index in [4.69, 9.17) is 4.74 Å². The van der Waals surface area contributed by atoms with E-state index < -0.39 is 10.0 Å². The first kappa shape index (κ1) is 22.8. The van der Waals surface area contributed by atoms with Crippen LogP contribution in [0.25, 0.3) is 0 Å². The normalized spacial score (nSPS) is 18.4. The maximum atomic E-state index is 12.7. The fraction of sp³-hybridized carbons (Fsp3) is 0.480. The summed E-state index contributed by atoms with van der Waals surface area (Å²) in [5.41, 5.74) is 1.35. The SMILES string of the molecule is O=C(COc1ccc(S(=O)(=O)N2CCCCC2)cc1)N1CCC(Cc2ccccc2)CC1. The van der Waals surface area contributed by atoms with Crippen LogP contribution in [-0.2, 0) is 21.2 Å². The highest BCUT2D eigenvalue weighted by Crippen LogP contribution is 2.24. The van der Waals surface area contributed by atoms with Crippen LogP contribution >= 0.6 is 0 Å². The molecule has 2 saturated heterocycles. The summed E-state index contributed by atoms with van der Waals surface area (Å²) < 4.78 is 32.7. The minimum absolute atomic E-state index is 0.0202. The Morgan fingerprint density at radius 3 is 2.19 bits per heavy atom. The van der Waals surface area contributed by atoms with Gasteiger partial charge in [0.25, 0.3) is 5.91 Å². The number of carbonyl (C=O) groups is 1. The van der Waals surface area contributed by atoms with Crippen molar-refractivity contribution >= 4 is 15.9 Å². The van der Waals surface area contributed by atoms with E-state index in [1.165, 1.54) is 5.56 Å². The number of ether oxygens (including phenoxy) is 1. The number of piperidine rings is 2. The van der Waals surface area contributed by atoms with Gasteiger partial charge in [0, 0.05) is 26.2 Å². The standard InChI is InChI=1S/C25H32N2O4S/c28-25(26-17-13-22(14-18-26)19-21-7-3-1-4-8-21)20-31-23-9-11-24(12-10-23)32(29,30)27-15-5-2-6-16-27/h1,3-4,7-12,22H,2,5-6,13-20H2. The number of benzene rings is 2. The summed E-state index contributed by atoms with van der Waals surface area (Å²) >= 11 is 0. The maximum Gasteiger partial charge on any atom is 0.260 e. The van der Waals surface area contributed by atoms with Crippen LogP contribution in [-0.4, -0.2) is 56.3 Å². The molecular weight excluding hydrogens is 424 g/mol. The number of nitrogens with zero attached hydrogens (tertiary/aromatic N) is 2. The second-order valence-electron chi connectivity index (χ2n) is 8.74. The third kappa shape index (κ3) is 5.70. The molecule has 0 saturated carbocycles. The highest BCUT2D eigenvalue weighted by Gasteiger charge is 2.26. The predicted octanol–water partition coefficient (Wildman–Crippen LogP) is 3.72. The molecule has 0 N–H and O–H groups in total. The van der Waals surface area contributed by atoms with Crippen molar-refractivity contribution in [1.82, 2.24) is 9.21 Å². The van der Waals surface area contributed by atoms with E-state index in [-0.39, 0.29) is 17.4 Å². The van der Waals surface area contributed by atoms with Gasteiger partial charge in [-0.15, -0.1) is 0 Å². The van der Waals surface area contributed by atoms with Crippen LogP contribution in [0.1, 0.15) is 37.7 Å². The minimum atomic E-state index is -3.45. The summed E-state index contributed by atoms with van der Waals surface area (Å²) in [6.07, 6.45) is 5.97. The predicted molar refractivity (Wildman–Crippen MR) is 124 cm³/mol. The molecule has 2 aliphatic rings. The van der Waals surface area contributed by atoms with E-state index in [0.29, 0.717) is 24.8 Å². The molecule has 2 fully saturated rings.